The molecule has 0 aliphatic rings. The molecule has 0 saturated carbocycles. The molecule has 1 heterocycles. The van der Waals surface area contributed by atoms with Crippen molar-refractivity contribution in [3.05, 3.63) is 22.4 Å². The summed E-state index contributed by atoms with van der Waals surface area (Å²) in [7, 11) is 0. The summed E-state index contributed by atoms with van der Waals surface area (Å²) >= 11 is 1.85. The highest BCUT2D eigenvalue weighted by Crippen LogP contribution is 2.12. The standard InChI is InChI=1S/C15H27NOS/c1-3-5-10-17-11-8-14(16-9-4-2)13-15-7-6-12-18-15/h6-7,12,14,16H,3-5,8-11,13H2,1-2H3. The van der Waals surface area contributed by atoms with Gasteiger partial charge in [0.05, 0.1) is 0 Å². The first-order chi connectivity index (χ1) is 8.86. The molecule has 18 heavy (non-hydrogen) atoms. The minimum Gasteiger partial charge on any atom is -0.381 e. The zero-order valence-corrected chi connectivity index (χ0v) is 12.6. The molecule has 1 unspecified atom stereocenters. The zero-order chi connectivity index (χ0) is 13.1. The zero-order valence-electron chi connectivity index (χ0n) is 11.8. The summed E-state index contributed by atoms with van der Waals surface area (Å²) in [5.41, 5.74) is 0. The monoisotopic (exact) mass is 269 g/mol. The van der Waals surface area contributed by atoms with Gasteiger partial charge < -0.3 is 10.1 Å². The lowest BCUT2D eigenvalue weighted by molar-refractivity contribution is 0.121. The van der Waals surface area contributed by atoms with E-state index in [1.54, 1.807) is 0 Å². The Labute approximate surface area is 116 Å². The first-order valence-electron chi connectivity index (χ1n) is 7.20. The van der Waals surface area contributed by atoms with Crippen LogP contribution < -0.4 is 5.32 Å². The van der Waals surface area contributed by atoms with Gasteiger partial charge in [0, 0.05) is 24.1 Å². The average Bonchev–Trinajstić information content (AvgIpc) is 2.88. The summed E-state index contributed by atoms with van der Waals surface area (Å²) in [6.45, 7) is 7.31. The summed E-state index contributed by atoms with van der Waals surface area (Å²) in [6.07, 6.45) is 5.83. The molecule has 0 bridgehead atoms. The quantitative estimate of drug-likeness (QED) is 0.616. The molecule has 2 nitrogen and oxygen atoms in total. The van der Waals surface area contributed by atoms with Gasteiger partial charge in [0.2, 0.25) is 0 Å². The van der Waals surface area contributed by atoms with E-state index in [9.17, 15) is 0 Å². The van der Waals surface area contributed by atoms with Crippen molar-refractivity contribution in [1.82, 2.24) is 5.32 Å². The first-order valence-corrected chi connectivity index (χ1v) is 8.08. The topological polar surface area (TPSA) is 21.3 Å². The van der Waals surface area contributed by atoms with Crippen molar-refractivity contribution in [1.29, 1.82) is 0 Å². The highest BCUT2D eigenvalue weighted by atomic mass is 32.1. The molecular formula is C15H27NOS. The molecule has 0 saturated heterocycles. The second-order valence-electron chi connectivity index (χ2n) is 4.69. The Hall–Kier alpha value is -0.380. The number of nitrogens with one attached hydrogen (secondary N) is 1. The Morgan fingerprint density at radius 1 is 1.28 bits per heavy atom. The second-order valence-corrected chi connectivity index (χ2v) is 5.72. The van der Waals surface area contributed by atoms with Crippen LogP contribution in [0.25, 0.3) is 0 Å². The van der Waals surface area contributed by atoms with E-state index in [4.69, 9.17) is 4.74 Å². The summed E-state index contributed by atoms with van der Waals surface area (Å²) in [5.74, 6) is 0. The minimum absolute atomic E-state index is 0.560. The molecule has 3 heteroatoms. The van der Waals surface area contributed by atoms with Crippen molar-refractivity contribution in [2.45, 2.75) is 52.0 Å². The van der Waals surface area contributed by atoms with Crippen LogP contribution in [0, 0.1) is 0 Å². The highest BCUT2D eigenvalue weighted by molar-refractivity contribution is 7.09. The van der Waals surface area contributed by atoms with Crippen LogP contribution in [-0.2, 0) is 11.2 Å². The van der Waals surface area contributed by atoms with Crippen LogP contribution in [0.4, 0.5) is 0 Å². The van der Waals surface area contributed by atoms with Crippen molar-refractivity contribution in [2.24, 2.45) is 0 Å². The normalized spacial score (nSPS) is 12.8. The van der Waals surface area contributed by atoms with Gasteiger partial charge in [-0.1, -0.05) is 26.3 Å². The molecule has 1 rings (SSSR count). The number of thiophene rings is 1. The fourth-order valence-electron chi connectivity index (χ4n) is 1.87. The molecule has 0 amide bonds. The van der Waals surface area contributed by atoms with E-state index in [2.05, 4.69) is 36.7 Å². The third-order valence-electron chi connectivity index (χ3n) is 2.96. The van der Waals surface area contributed by atoms with E-state index >= 15 is 0 Å². The molecule has 0 aliphatic carbocycles. The smallest absolute Gasteiger partial charge is 0.0480 e. The average molecular weight is 269 g/mol. The second kappa shape index (κ2) is 10.5. The number of hydrogen-bond acceptors (Lipinski definition) is 3. The Bertz CT molecular complexity index is 274. The van der Waals surface area contributed by atoms with Crippen LogP contribution in [0.3, 0.4) is 0 Å². The minimum atomic E-state index is 0.560. The maximum Gasteiger partial charge on any atom is 0.0480 e. The summed E-state index contributed by atoms with van der Waals surface area (Å²) in [5, 5.41) is 5.78. The number of hydrogen-bond donors (Lipinski definition) is 1. The molecular weight excluding hydrogens is 242 g/mol. The Balaban J connectivity index is 2.22. The van der Waals surface area contributed by atoms with E-state index in [0.717, 1.165) is 32.6 Å². The maximum absolute atomic E-state index is 5.67. The highest BCUT2D eigenvalue weighted by Gasteiger charge is 2.09. The van der Waals surface area contributed by atoms with Crippen LogP contribution >= 0.6 is 11.3 Å². The lowest BCUT2D eigenvalue weighted by atomic mass is 10.1. The van der Waals surface area contributed by atoms with Gasteiger partial charge in [-0.05, 0) is 43.7 Å². The van der Waals surface area contributed by atoms with Crippen molar-refractivity contribution in [3.63, 3.8) is 0 Å². The molecule has 0 aromatic carbocycles. The van der Waals surface area contributed by atoms with Gasteiger partial charge in [0.1, 0.15) is 0 Å². The largest absolute Gasteiger partial charge is 0.381 e. The predicted molar refractivity (Wildman–Crippen MR) is 80.4 cm³/mol. The molecule has 104 valence electrons. The predicted octanol–water partition coefficient (Wildman–Crippen LogP) is 3.87. The lowest BCUT2D eigenvalue weighted by Crippen LogP contribution is -2.32. The third kappa shape index (κ3) is 7.14. The van der Waals surface area contributed by atoms with Crippen LogP contribution in [0.15, 0.2) is 17.5 Å². The molecule has 1 N–H and O–H groups in total. The van der Waals surface area contributed by atoms with Crippen molar-refractivity contribution < 1.29 is 4.74 Å². The van der Waals surface area contributed by atoms with E-state index in [1.165, 1.54) is 24.1 Å². The number of rotatable bonds is 11. The van der Waals surface area contributed by atoms with Gasteiger partial charge in [0.15, 0.2) is 0 Å². The molecule has 1 aromatic heterocycles. The number of ether oxygens (including phenoxy) is 1. The molecule has 0 spiro atoms. The summed E-state index contributed by atoms with van der Waals surface area (Å²) in [4.78, 5) is 1.47. The van der Waals surface area contributed by atoms with Gasteiger partial charge in [-0.2, -0.15) is 0 Å². The van der Waals surface area contributed by atoms with Crippen LogP contribution in [0.5, 0.6) is 0 Å². The maximum atomic E-state index is 5.67. The Morgan fingerprint density at radius 3 is 2.83 bits per heavy atom. The number of unbranched alkanes of at least 4 members (excludes halogenated alkanes) is 1. The van der Waals surface area contributed by atoms with Gasteiger partial charge >= 0.3 is 0 Å². The van der Waals surface area contributed by atoms with Crippen molar-refractivity contribution in [2.75, 3.05) is 19.8 Å². The fraction of sp³-hybridized carbons (Fsp3) is 0.733. The van der Waals surface area contributed by atoms with Crippen LogP contribution in [0.2, 0.25) is 0 Å². The summed E-state index contributed by atoms with van der Waals surface area (Å²) in [6, 6.07) is 4.92. The van der Waals surface area contributed by atoms with Crippen LogP contribution in [0.1, 0.15) is 44.4 Å². The van der Waals surface area contributed by atoms with E-state index in [-0.39, 0.29) is 0 Å². The van der Waals surface area contributed by atoms with Gasteiger partial charge in [-0.3, -0.25) is 0 Å². The SMILES string of the molecule is CCCCOCCC(Cc1cccs1)NCCC. The lowest BCUT2D eigenvalue weighted by Gasteiger charge is -2.17. The van der Waals surface area contributed by atoms with E-state index in [1.807, 2.05) is 11.3 Å². The Morgan fingerprint density at radius 2 is 2.17 bits per heavy atom. The van der Waals surface area contributed by atoms with E-state index in [0.29, 0.717) is 6.04 Å². The molecule has 0 aliphatic heterocycles. The summed E-state index contributed by atoms with van der Waals surface area (Å²) < 4.78 is 5.67. The van der Waals surface area contributed by atoms with E-state index < -0.39 is 0 Å². The molecule has 1 atom stereocenters. The van der Waals surface area contributed by atoms with Gasteiger partial charge in [0.25, 0.3) is 0 Å². The van der Waals surface area contributed by atoms with Gasteiger partial charge in [-0.25, -0.2) is 0 Å². The fourth-order valence-corrected chi connectivity index (χ4v) is 2.66. The Kier molecular flexibility index (Phi) is 9.17. The molecule has 0 radical (unpaired) electrons. The van der Waals surface area contributed by atoms with Crippen LogP contribution in [-0.4, -0.2) is 25.8 Å². The van der Waals surface area contributed by atoms with Gasteiger partial charge in [-0.15, -0.1) is 11.3 Å². The first kappa shape index (κ1) is 15.7. The molecule has 0 fully saturated rings. The van der Waals surface area contributed by atoms with Crippen molar-refractivity contribution in [3.8, 4) is 0 Å². The third-order valence-corrected chi connectivity index (χ3v) is 3.86. The van der Waals surface area contributed by atoms with Crippen molar-refractivity contribution >= 4 is 11.3 Å². The molecule has 1 aromatic rings.